The zero-order valence-corrected chi connectivity index (χ0v) is 13.6. The van der Waals surface area contributed by atoms with Crippen LogP contribution < -0.4 is 5.32 Å². The van der Waals surface area contributed by atoms with E-state index in [-0.39, 0.29) is 11.6 Å². The minimum atomic E-state index is 0.110. The van der Waals surface area contributed by atoms with Crippen molar-refractivity contribution in [3.8, 4) is 0 Å². The molecule has 0 aliphatic carbocycles. The molecule has 1 heterocycles. The average Bonchev–Trinajstić information content (AvgIpc) is 2.88. The molecule has 21 heavy (non-hydrogen) atoms. The van der Waals surface area contributed by atoms with Crippen LogP contribution in [0.4, 0.5) is 0 Å². The Morgan fingerprint density at radius 1 is 1.19 bits per heavy atom. The smallest absolute Gasteiger partial charge is 0.109 e. The maximum absolute atomic E-state index is 4.53. The highest BCUT2D eigenvalue weighted by Gasteiger charge is 2.19. The van der Waals surface area contributed by atoms with Gasteiger partial charge in [0.05, 0.1) is 6.04 Å². The van der Waals surface area contributed by atoms with Gasteiger partial charge in [0.1, 0.15) is 5.82 Å². The molecule has 1 unspecified atom stereocenters. The molecule has 2 rings (SSSR count). The van der Waals surface area contributed by atoms with E-state index in [4.69, 9.17) is 0 Å². The molecule has 0 amide bonds. The van der Waals surface area contributed by atoms with Crippen LogP contribution in [-0.4, -0.2) is 21.6 Å². The molecule has 0 fully saturated rings. The fraction of sp³-hybridized carbons (Fsp3) is 0.500. The van der Waals surface area contributed by atoms with E-state index in [1.807, 2.05) is 6.20 Å². The van der Waals surface area contributed by atoms with Crippen molar-refractivity contribution in [2.75, 3.05) is 6.54 Å². The summed E-state index contributed by atoms with van der Waals surface area (Å²) in [6.07, 6.45) is 6.15. The number of hydrogen-bond acceptors (Lipinski definition) is 2. The first kappa shape index (κ1) is 15.8. The van der Waals surface area contributed by atoms with E-state index in [1.54, 1.807) is 0 Å². The fourth-order valence-electron chi connectivity index (χ4n) is 2.50. The van der Waals surface area contributed by atoms with E-state index < -0.39 is 0 Å². The zero-order valence-electron chi connectivity index (χ0n) is 13.6. The molecule has 1 atom stereocenters. The Morgan fingerprint density at radius 3 is 2.52 bits per heavy atom. The first-order valence-electron chi connectivity index (χ1n) is 7.83. The molecule has 0 spiro atoms. The lowest BCUT2D eigenvalue weighted by Crippen LogP contribution is -2.40. The van der Waals surface area contributed by atoms with Crippen LogP contribution >= 0.6 is 0 Å². The van der Waals surface area contributed by atoms with Gasteiger partial charge in [-0.1, -0.05) is 37.3 Å². The molecule has 3 heteroatoms. The van der Waals surface area contributed by atoms with Crippen molar-refractivity contribution in [1.82, 2.24) is 14.9 Å². The largest absolute Gasteiger partial charge is 0.326 e. The number of nitrogens with zero attached hydrogens (tertiary/aromatic N) is 2. The number of hydrogen-bond donors (Lipinski definition) is 1. The van der Waals surface area contributed by atoms with Crippen molar-refractivity contribution in [2.24, 2.45) is 0 Å². The topological polar surface area (TPSA) is 29.9 Å². The third kappa shape index (κ3) is 4.43. The zero-order chi connectivity index (χ0) is 15.3. The molecule has 3 nitrogen and oxygen atoms in total. The van der Waals surface area contributed by atoms with E-state index in [0.717, 1.165) is 19.4 Å². The van der Waals surface area contributed by atoms with Gasteiger partial charge in [0, 0.05) is 30.9 Å². The normalized spacial score (nSPS) is 13.3. The molecule has 0 aliphatic rings. The van der Waals surface area contributed by atoms with E-state index >= 15 is 0 Å². The van der Waals surface area contributed by atoms with Gasteiger partial charge in [-0.25, -0.2) is 4.98 Å². The number of aromatic nitrogens is 2. The molecular weight excluding hydrogens is 258 g/mol. The monoisotopic (exact) mass is 285 g/mol. The Morgan fingerprint density at radius 2 is 1.90 bits per heavy atom. The standard InChI is InChI=1S/C18H27N3/c1-5-9-17-19-12-13-21(17)16(14-20-18(2,3)4)15-10-7-6-8-11-15/h6-8,10-13,16,20H,5,9,14H2,1-4H3. The molecular formula is C18H27N3. The summed E-state index contributed by atoms with van der Waals surface area (Å²) < 4.78 is 2.32. The quantitative estimate of drug-likeness (QED) is 0.874. The van der Waals surface area contributed by atoms with Gasteiger partial charge < -0.3 is 9.88 Å². The predicted molar refractivity (Wildman–Crippen MR) is 88.6 cm³/mol. The van der Waals surface area contributed by atoms with Crippen molar-refractivity contribution < 1.29 is 0 Å². The fourth-order valence-corrected chi connectivity index (χ4v) is 2.50. The minimum absolute atomic E-state index is 0.110. The van der Waals surface area contributed by atoms with Crippen molar-refractivity contribution in [3.05, 3.63) is 54.1 Å². The Kier molecular flexibility index (Phi) is 5.18. The van der Waals surface area contributed by atoms with Crippen LogP contribution in [0.2, 0.25) is 0 Å². The summed E-state index contributed by atoms with van der Waals surface area (Å²) in [7, 11) is 0. The Hall–Kier alpha value is -1.61. The summed E-state index contributed by atoms with van der Waals surface area (Å²) in [5.74, 6) is 1.17. The Labute approximate surface area is 128 Å². The lowest BCUT2D eigenvalue weighted by Gasteiger charge is -2.27. The second-order valence-corrected chi connectivity index (χ2v) is 6.56. The predicted octanol–water partition coefficient (Wildman–Crippen LogP) is 3.81. The summed E-state index contributed by atoms with van der Waals surface area (Å²) in [5.41, 5.74) is 1.43. The van der Waals surface area contributed by atoms with Crippen LogP contribution in [0.5, 0.6) is 0 Å². The number of imidazole rings is 1. The molecule has 114 valence electrons. The molecule has 0 saturated heterocycles. The molecule has 1 N–H and O–H groups in total. The summed E-state index contributed by atoms with van der Waals surface area (Å²) in [4.78, 5) is 4.53. The minimum Gasteiger partial charge on any atom is -0.326 e. The van der Waals surface area contributed by atoms with Crippen molar-refractivity contribution in [3.63, 3.8) is 0 Å². The van der Waals surface area contributed by atoms with Gasteiger partial charge in [-0.05, 0) is 32.8 Å². The Bertz CT molecular complexity index is 537. The average molecular weight is 285 g/mol. The second kappa shape index (κ2) is 6.90. The first-order chi connectivity index (χ1) is 10.0. The van der Waals surface area contributed by atoms with Crippen LogP contribution in [-0.2, 0) is 6.42 Å². The molecule has 0 saturated carbocycles. The highest BCUT2D eigenvalue weighted by atomic mass is 15.1. The SMILES string of the molecule is CCCc1nccn1C(CNC(C)(C)C)c1ccccc1. The number of nitrogens with one attached hydrogen (secondary N) is 1. The maximum atomic E-state index is 4.53. The van der Waals surface area contributed by atoms with Gasteiger partial charge in [-0.15, -0.1) is 0 Å². The second-order valence-electron chi connectivity index (χ2n) is 6.56. The summed E-state index contributed by atoms with van der Waals surface area (Å²) in [6.45, 7) is 9.71. The third-order valence-corrected chi connectivity index (χ3v) is 3.57. The lowest BCUT2D eigenvalue weighted by molar-refractivity contribution is 0.385. The lowest BCUT2D eigenvalue weighted by atomic mass is 10.0. The molecule has 0 bridgehead atoms. The molecule has 0 aliphatic heterocycles. The third-order valence-electron chi connectivity index (χ3n) is 3.57. The van der Waals surface area contributed by atoms with Crippen LogP contribution in [0.3, 0.4) is 0 Å². The van der Waals surface area contributed by atoms with Crippen LogP contribution in [0.1, 0.15) is 51.5 Å². The highest BCUT2D eigenvalue weighted by Crippen LogP contribution is 2.21. The molecule has 2 aromatic rings. The van der Waals surface area contributed by atoms with Gasteiger partial charge in [-0.3, -0.25) is 0 Å². The maximum Gasteiger partial charge on any atom is 0.109 e. The molecule has 0 radical (unpaired) electrons. The number of aryl methyl sites for hydroxylation is 1. The molecule has 1 aromatic carbocycles. The van der Waals surface area contributed by atoms with E-state index in [1.165, 1.54) is 11.4 Å². The first-order valence-corrected chi connectivity index (χ1v) is 7.83. The highest BCUT2D eigenvalue weighted by molar-refractivity contribution is 5.21. The van der Waals surface area contributed by atoms with Gasteiger partial charge in [-0.2, -0.15) is 0 Å². The van der Waals surface area contributed by atoms with Gasteiger partial charge >= 0.3 is 0 Å². The van der Waals surface area contributed by atoms with Crippen LogP contribution in [0, 0.1) is 0 Å². The molecule has 1 aromatic heterocycles. The number of benzene rings is 1. The van der Waals surface area contributed by atoms with Crippen molar-refractivity contribution >= 4 is 0 Å². The van der Waals surface area contributed by atoms with Crippen molar-refractivity contribution in [2.45, 2.75) is 52.1 Å². The van der Waals surface area contributed by atoms with Crippen LogP contribution in [0.15, 0.2) is 42.7 Å². The summed E-state index contributed by atoms with van der Waals surface area (Å²) in [6, 6.07) is 11.0. The summed E-state index contributed by atoms with van der Waals surface area (Å²) in [5, 5.41) is 3.63. The van der Waals surface area contributed by atoms with Gasteiger partial charge in [0.2, 0.25) is 0 Å². The summed E-state index contributed by atoms with van der Waals surface area (Å²) >= 11 is 0. The van der Waals surface area contributed by atoms with E-state index in [0.29, 0.717) is 0 Å². The van der Waals surface area contributed by atoms with Gasteiger partial charge in [0.15, 0.2) is 0 Å². The number of rotatable bonds is 6. The van der Waals surface area contributed by atoms with E-state index in [9.17, 15) is 0 Å². The Balaban J connectivity index is 2.29. The van der Waals surface area contributed by atoms with Gasteiger partial charge in [0.25, 0.3) is 0 Å². The van der Waals surface area contributed by atoms with Crippen LogP contribution in [0.25, 0.3) is 0 Å². The van der Waals surface area contributed by atoms with Crippen molar-refractivity contribution in [1.29, 1.82) is 0 Å². The van der Waals surface area contributed by atoms with E-state index in [2.05, 4.69) is 79.1 Å².